The summed E-state index contributed by atoms with van der Waals surface area (Å²) in [5.74, 6) is 0.279. The summed E-state index contributed by atoms with van der Waals surface area (Å²) in [6.45, 7) is 6.72. The second-order valence-corrected chi connectivity index (χ2v) is 4.95. The predicted molar refractivity (Wildman–Crippen MR) is 54.9 cm³/mol. The van der Waals surface area contributed by atoms with E-state index in [1.165, 1.54) is 0 Å². The van der Waals surface area contributed by atoms with Crippen molar-refractivity contribution in [2.45, 2.75) is 40.0 Å². The van der Waals surface area contributed by atoms with Crippen LogP contribution in [0.4, 0.5) is 0 Å². The van der Waals surface area contributed by atoms with Crippen molar-refractivity contribution in [1.82, 2.24) is 4.90 Å². The highest BCUT2D eigenvalue weighted by molar-refractivity contribution is 5.89. The molecule has 1 aliphatic rings. The minimum absolute atomic E-state index is 0.133. The number of nitrogens with zero attached hydrogens (tertiary/aromatic N) is 1. The van der Waals surface area contributed by atoms with Crippen molar-refractivity contribution in [2.24, 2.45) is 5.41 Å². The molecule has 3 heteroatoms. The number of piperidine rings is 1. The van der Waals surface area contributed by atoms with Gasteiger partial charge in [0.05, 0.1) is 6.54 Å². The van der Waals surface area contributed by atoms with Gasteiger partial charge in [-0.2, -0.15) is 0 Å². The van der Waals surface area contributed by atoms with Crippen LogP contribution in [0, 0.1) is 5.41 Å². The maximum atomic E-state index is 11.7. The van der Waals surface area contributed by atoms with Gasteiger partial charge in [-0.25, -0.2) is 0 Å². The lowest BCUT2D eigenvalue weighted by molar-refractivity contribution is -0.139. The second-order valence-electron chi connectivity index (χ2n) is 4.95. The Morgan fingerprint density at radius 1 is 1.36 bits per heavy atom. The average molecular weight is 197 g/mol. The molecule has 0 atom stereocenters. The van der Waals surface area contributed by atoms with Gasteiger partial charge in [-0.15, -0.1) is 0 Å². The molecule has 0 aromatic heterocycles. The van der Waals surface area contributed by atoms with Crippen LogP contribution in [0.3, 0.4) is 0 Å². The zero-order valence-corrected chi connectivity index (χ0v) is 9.30. The molecule has 0 N–H and O–H groups in total. The summed E-state index contributed by atoms with van der Waals surface area (Å²) in [6, 6.07) is 0. The summed E-state index contributed by atoms with van der Waals surface area (Å²) in [7, 11) is 0. The van der Waals surface area contributed by atoms with Crippen molar-refractivity contribution < 1.29 is 9.59 Å². The summed E-state index contributed by atoms with van der Waals surface area (Å²) in [5, 5.41) is 0. The van der Waals surface area contributed by atoms with Gasteiger partial charge in [-0.3, -0.25) is 9.59 Å². The number of ketones is 1. The first-order valence-electron chi connectivity index (χ1n) is 5.22. The van der Waals surface area contributed by atoms with E-state index in [-0.39, 0.29) is 17.1 Å². The summed E-state index contributed by atoms with van der Waals surface area (Å²) in [6.07, 6.45) is 2.61. The van der Waals surface area contributed by atoms with Gasteiger partial charge < -0.3 is 4.90 Å². The van der Waals surface area contributed by atoms with Gasteiger partial charge in [0.1, 0.15) is 0 Å². The SMILES string of the molecule is CC(C)(C)C(=O)CN1CCCCC1=O. The molecule has 1 saturated heterocycles. The molecule has 1 amide bonds. The fourth-order valence-electron chi connectivity index (χ4n) is 1.44. The van der Waals surface area contributed by atoms with Gasteiger partial charge in [0, 0.05) is 18.4 Å². The Hall–Kier alpha value is -0.860. The van der Waals surface area contributed by atoms with Crippen molar-refractivity contribution in [1.29, 1.82) is 0 Å². The van der Waals surface area contributed by atoms with Crippen LogP contribution in [0.2, 0.25) is 0 Å². The van der Waals surface area contributed by atoms with E-state index in [0.29, 0.717) is 13.0 Å². The Morgan fingerprint density at radius 2 is 2.00 bits per heavy atom. The second kappa shape index (κ2) is 4.11. The monoisotopic (exact) mass is 197 g/mol. The molecule has 0 aromatic rings. The van der Waals surface area contributed by atoms with Gasteiger partial charge in [0.25, 0.3) is 0 Å². The zero-order valence-electron chi connectivity index (χ0n) is 9.30. The Labute approximate surface area is 85.5 Å². The molecule has 0 unspecified atom stereocenters. The van der Waals surface area contributed by atoms with Gasteiger partial charge in [0.15, 0.2) is 5.78 Å². The molecular weight excluding hydrogens is 178 g/mol. The number of amides is 1. The van der Waals surface area contributed by atoms with Gasteiger partial charge in [-0.1, -0.05) is 20.8 Å². The fraction of sp³-hybridized carbons (Fsp3) is 0.818. The molecule has 0 radical (unpaired) electrons. The standard InChI is InChI=1S/C11H19NO2/c1-11(2,3)9(13)8-12-7-5-4-6-10(12)14/h4-8H2,1-3H3. The van der Waals surface area contributed by atoms with E-state index < -0.39 is 0 Å². The smallest absolute Gasteiger partial charge is 0.222 e. The molecule has 0 aromatic carbocycles. The first-order chi connectivity index (χ1) is 6.41. The van der Waals surface area contributed by atoms with Crippen LogP contribution in [-0.4, -0.2) is 29.7 Å². The maximum Gasteiger partial charge on any atom is 0.222 e. The number of Topliss-reactive ketones (excluding diaryl/α,β-unsaturated/α-hetero) is 1. The van der Waals surface area contributed by atoms with E-state index >= 15 is 0 Å². The molecule has 3 nitrogen and oxygen atoms in total. The number of rotatable bonds is 2. The summed E-state index contributed by atoms with van der Waals surface area (Å²) < 4.78 is 0. The number of carbonyl (C=O) groups is 2. The topological polar surface area (TPSA) is 37.4 Å². The quantitative estimate of drug-likeness (QED) is 0.674. The zero-order chi connectivity index (χ0) is 10.8. The van der Waals surface area contributed by atoms with Crippen molar-refractivity contribution >= 4 is 11.7 Å². The van der Waals surface area contributed by atoms with Crippen LogP contribution in [0.5, 0.6) is 0 Å². The van der Waals surface area contributed by atoms with Crippen LogP contribution in [0.25, 0.3) is 0 Å². The molecule has 1 rings (SSSR count). The average Bonchev–Trinajstić information content (AvgIpc) is 2.07. The molecule has 0 spiro atoms. The van der Waals surface area contributed by atoms with Gasteiger partial charge in [0.2, 0.25) is 5.91 Å². The highest BCUT2D eigenvalue weighted by Crippen LogP contribution is 2.17. The Bertz CT molecular complexity index is 240. The number of hydrogen-bond acceptors (Lipinski definition) is 2. The fourth-order valence-corrected chi connectivity index (χ4v) is 1.44. The summed E-state index contributed by atoms with van der Waals surface area (Å²) in [4.78, 5) is 24.8. The van der Waals surface area contributed by atoms with E-state index in [1.54, 1.807) is 4.90 Å². The van der Waals surface area contributed by atoms with Crippen LogP contribution in [0.1, 0.15) is 40.0 Å². The molecule has 1 fully saturated rings. The summed E-state index contributed by atoms with van der Waals surface area (Å²) in [5.41, 5.74) is -0.336. The van der Waals surface area contributed by atoms with Gasteiger partial charge in [-0.05, 0) is 12.8 Å². The first kappa shape index (κ1) is 11.2. The van der Waals surface area contributed by atoms with Crippen LogP contribution in [0.15, 0.2) is 0 Å². The maximum absolute atomic E-state index is 11.7. The molecule has 0 saturated carbocycles. The van der Waals surface area contributed by atoms with E-state index in [4.69, 9.17) is 0 Å². The van der Waals surface area contributed by atoms with E-state index in [9.17, 15) is 9.59 Å². The Morgan fingerprint density at radius 3 is 2.50 bits per heavy atom. The Balaban J connectivity index is 2.51. The third-order valence-electron chi connectivity index (χ3n) is 2.59. The number of hydrogen-bond donors (Lipinski definition) is 0. The van der Waals surface area contributed by atoms with E-state index in [0.717, 1.165) is 19.4 Å². The Kier molecular flexibility index (Phi) is 3.29. The lowest BCUT2D eigenvalue weighted by Crippen LogP contribution is -2.42. The van der Waals surface area contributed by atoms with E-state index in [2.05, 4.69) is 0 Å². The predicted octanol–water partition coefficient (Wildman–Crippen LogP) is 1.61. The molecule has 0 bridgehead atoms. The van der Waals surface area contributed by atoms with Crippen LogP contribution < -0.4 is 0 Å². The molecule has 0 aliphatic carbocycles. The number of carbonyl (C=O) groups excluding carboxylic acids is 2. The molecule has 80 valence electrons. The third-order valence-corrected chi connectivity index (χ3v) is 2.59. The highest BCUT2D eigenvalue weighted by atomic mass is 16.2. The summed E-state index contributed by atoms with van der Waals surface area (Å²) >= 11 is 0. The van der Waals surface area contributed by atoms with Crippen molar-refractivity contribution in [3.8, 4) is 0 Å². The van der Waals surface area contributed by atoms with Gasteiger partial charge >= 0.3 is 0 Å². The highest BCUT2D eigenvalue weighted by Gasteiger charge is 2.26. The third kappa shape index (κ3) is 2.82. The molecule has 14 heavy (non-hydrogen) atoms. The van der Waals surface area contributed by atoms with Crippen molar-refractivity contribution in [3.05, 3.63) is 0 Å². The molecule has 1 heterocycles. The normalized spacial score (nSPS) is 18.5. The minimum Gasteiger partial charge on any atom is -0.335 e. The molecular formula is C11H19NO2. The van der Waals surface area contributed by atoms with Crippen LogP contribution >= 0.6 is 0 Å². The lowest BCUT2D eigenvalue weighted by Gasteiger charge is -2.28. The van der Waals surface area contributed by atoms with Crippen LogP contribution in [-0.2, 0) is 9.59 Å². The van der Waals surface area contributed by atoms with Crippen molar-refractivity contribution in [2.75, 3.05) is 13.1 Å². The molecule has 1 aliphatic heterocycles. The number of likely N-dealkylation sites (tertiary alicyclic amines) is 1. The van der Waals surface area contributed by atoms with E-state index in [1.807, 2.05) is 20.8 Å². The first-order valence-corrected chi connectivity index (χ1v) is 5.22. The largest absolute Gasteiger partial charge is 0.335 e. The lowest BCUT2D eigenvalue weighted by atomic mass is 9.90. The van der Waals surface area contributed by atoms with Crippen molar-refractivity contribution in [3.63, 3.8) is 0 Å². The minimum atomic E-state index is -0.336.